The Balaban J connectivity index is 1.83. The molecule has 1 heterocycles. The Bertz CT molecular complexity index is 225. The highest BCUT2D eigenvalue weighted by Gasteiger charge is 2.10. The van der Waals surface area contributed by atoms with Crippen LogP contribution in [0.2, 0.25) is 0 Å². The van der Waals surface area contributed by atoms with Crippen LogP contribution in [0, 0.1) is 0 Å². The van der Waals surface area contributed by atoms with Crippen molar-refractivity contribution in [1.82, 2.24) is 10.2 Å². The number of nitrogens with one attached hydrogen (secondary N) is 1. The minimum Gasteiger partial charge on any atom is -0.363 e. The molecule has 2 heteroatoms. The largest absolute Gasteiger partial charge is 0.363 e. The van der Waals surface area contributed by atoms with Crippen LogP contribution in [-0.4, -0.2) is 24.2 Å². The molecule has 0 aromatic heterocycles. The SMILES string of the molecule is CCCCCCCCCCCCN1C=CCNC1C. The first kappa shape index (κ1) is 16.6. The monoisotopic (exact) mass is 266 g/mol. The second-order valence-corrected chi connectivity index (χ2v) is 5.89. The summed E-state index contributed by atoms with van der Waals surface area (Å²) in [6.07, 6.45) is 19.2. The fourth-order valence-corrected chi connectivity index (χ4v) is 2.72. The van der Waals surface area contributed by atoms with Crippen LogP contribution in [0.25, 0.3) is 0 Å². The highest BCUT2D eigenvalue weighted by Crippen LogP contribution is 2.11. The molecule has 1 unspecified atom stereocenters. The van der Waals surface area contributed by atoms with Crippen LogP contribution in [0.15, 0.2) is 12.3 Å². The number of rotatable bonds is 11. The van der Waals surface area contributed by atoms with Crippen LogP contribution in [0.3, 0.4) is 0 Å². The zero-order valence-electron chi connectivity index (χ0n) is 13.2. The summed E-state index contributed by atoms with van der Waals surface area (Å²) in [5.74, 6) is 0. The number of nitrogens with zero attached hydrogens (tertiary/aromatic N) is 1. The van der Waals surface area contributed by atoms with E-state index in [0.29, 0.717) is 6.17 Å². The lowest BCUT2D eigenvalue weighted by atomic mass is 10.1. The molecule has 19 heavy (non-hydrogen) atoms. The summed E-state index contributed by atoms with van der Waals surface area (Å²) in [5, 5.41) is 3.46. The van der Waals surface area contributed by atoms with Gasteiger partial charge in [0, 0.05) is 13.1 Å². The summed E-state index contributed by atoms with van der Waals surface area (Å²) in [6, 6.07) is 0. The molecule has 0 bridgehead atoms. The highest BCUT2D eigenvalue weighted by molar-refractivity contribution is 4.91. The van der Waals surface area contributed by atoms with Gasteiger partial charge in [-0.25, -0.2) is 0 Å². The third kappa shape index (κ3) is 8.30. The van der Waals surface area contributed by atoms with Gasteiger partial charge in [0.2, 0.25) is 0 Å². The maximum atomic E-state index is 3.46. The van der Waals surface area contributed by atoms with E-state index >= 15 is 0 Å². The average Bonchev–Trinajstić information content (AvgIpc) is 2.43. The van der Waals surface area contributed by atoms with Crippen LogP contribution < -0.4 is 5.32 Å². The molecule has 1 rings (SSSR count). The zero-order chi connectivity index (χ0) is 13.8. The van der Waals surface area contributed by atoms with Crippen molar-refractivity contribution in [3.05, 3.63) is 12.3 Å². The van der Waals surface area contributed by atoms with Crippen LogP contribution in [0.1, 0.15) is 78.1 Å². The van der Waals surface area contributed by atoms with E-state index in [-0.39, 0.29) is 0 Å². The Labute approximate surface area is 120 Å². The van der Waals surface area contributed by atoms with E-state index in [1.54, 1.807) is 0 Å². The topological polar surface area (TPSA) is 15.3 Å². The Morgan fingerprint density at radius 2 is 1.53 bits per heavy atom. The predicted octanol–water partition coefficient (Wildman–Crippen LogP) is 4.67. The lowest BCUT2D eigenvalue weighted by molar-refractivity contribution is 0.238. The molecule has 0 aliphatic carbocycles. The molecule has 0 aromatic carbocycles. The van der Waals surface area contributed by atoms with Gasteiger partial charge in [0.1, 0.15) is 0 Å². The van der Waals surface area contributed by atoms with Crippen molar-refractivity contribution < 1.29 is 0 Å². The van der Waals surface area contributed by atoms with Crippen molar-refractivity contribution in [2.24, 2.45) is 0 Å². The van der Waals surface area contributed by atoms with Gasteiger partial charge in [-0.1, -0.05) is 70.8 Å². The van der Waals surface area contributed by atoms with E-state index in [1.165, 1.54) is 70.8 Å². The van der Waals surface area contributed by atoms with Gasteiger partial charge in [-0.05, 0) is 19.5 Å². The van der Waals surface area contributed by atoms with E-state index in [2.05, 4.69) is 36.3 Å². The third-order valence-corrected chi connectivity index (χ3v) is 4.10. The molecule has 0 fully saturated rings. The maximum absolute atomic E-state index is 3.46. The summed E-state index contributed by atoms with van der Waals surface area (Å²) >= 11 is 0. The van der Waals surface area contributed by atoms with E-state index in [4.69, 9.17) is 0 Å². The van der Waals surface area contributed by atoms with Crippen molar-refractivity contribution in [1.29, 1.82) is 0 Å². The lowest BCUT2D eigenvalue weighted by Crippen LogP contribution is -2.43. The van der Waals surface area contributed by atoms with E-state index in [1.807, 2.05) is 0 Å². The Kier molecular flexibility index (Phi) is 9.88. The van der Waals surface area contributed by atoms with Crippen molar-refractivity contribution in [3.8, 4) is 0 Å². The molecule has 0 saturated heterocycles. The Morgan fingerprint density at radius 3 is 2.11 bits per heavy atom. The summed E-state index contributed by atoms with van der Waals surface area (Å²) in [7, 11) is 0. The van der Waals surface area contributed by atoms with Gasteiger partial charge in [-0.3, -0.25) is 5.32 Å². The van der Waals surface area contributed by atoms with Gasteiger partial charge in [0.05, 0.1) is 6.17 Å². The van der Waals surface area contributed by atoms with Gasteiger partial charge in [0.25, 0.3) is 0 Å². The smallest absolute Gasteiger partial charge is 0.0763 e. The molecular formula is C17H34N2. The fourth-order valence-electron chi connectivity index (χ4n) is 2.72. The number of unbranched alkanes of at least 4 members (excludes halogenated alkanes) is 9. The fraction of sp³-hybridized carbons (Fsp3) is 0.882. The standard InChI is InChI=1S/C17H34N2/c1-3-4-5-6-7-8-9-10-11-12-15-19-16-13-14-18-17(19)2/h13,16-18H,3-12,14-15H2,1-2H3. The van der Waals surface area contributed by atoms with Crippen molar-refractivity contribution >= 4 is 0 Å². The van der Waals surface area contributed by atoms with Gasteiger partial charge >= 0.3 is 0 Å². The predicted molar refractivity (Wildman–Crippen MR) is 85.2 cm³/mol. The molecule has 1 aliphatic rings. The average molecular weight is 266 g/mol. The van der Waals surface area contributed by atoms with Crippen molar-refractivity contribution in [2.45, 2.75) is 84.2 Å². The summed E-state index contributed by atoms with van der Waals surface area (Å²) < 4.78 is 0. The second-order valence-electron chi connectivity index (χ2n) is 5.89. The summed E-state index contributed by atoms with van der Waals surface area (Å²) in [5.41, 5.74) is 0. The third-order valence-electron chi connectivity index (χ3n) is 4.10. The van der Waals surface area contributed by atoms with E-state index < -0.39 is 0 Å². The molecule has 0 amide bonds. The van der Waals surface area contributed by atoms with Crippen LogP contribution in [0.4, 0.5) is 0 Å². The molecule has 0 spiro atoms. The molecule has 0 aromatic rings. The second kappa shape index (κ2) is 11.3. The summed E-state index contributed by atoms with van der Waals surface area (Å²) in [4.78, 5) is 2.42. The Morgan fingerprint density at radius 1 is 0.947 bits per heavy atom. The molecule has 2 nitrogen and oxygen atoms in total. The van der Waals surface area contributed by atoms with Crippen LogP contribution in [0.5, 0.6) is 0 Å². The minimum atomic E-state index is 0.517. The molecule has 0 radical (unpaired) electrons. The highest BCUT2D eigenvalue weighted by atomic mass is 15.3. The molecule has 1 atom stereocenters. The van der Waals surface area contributed by atoms with Crippen molar-refractivity contribution in [3.63, 3.8) is 0 Å². The van der Waals surface area contributed by atoms with Gasteiger partial charge in [-0.2, -0.15) is 0 Å². The Hall–Kier alpha value is -0.500. The quantitative estimate of drug-likeness (QED) is 0.547. The molecule has 0 saturated carbocycles. The summed E-state index contributed by atoms with van der Waals surface area (Å²) in [6.45, 7) is 6.77. The first-order chi connectivity index (χ1) is 9.34. The van der Waals surface area contributed by atoms with E-state index in [0.717, 1.165) is 6.54 Å². The first-order valence-corrected chi connectivity index (χ1v) is 8.50. The maximum Gasteiger partial charge on any atom is 0.0763 e. The zero-order valence-corrected chi connectivity index (χ0v) is 13.2. The van der Waals surface area contributed by atoms with Crippen molar-refractivity contribution in [2.75, 3.05) is 13.1 Å². The van der Waals surface area contributed by atoms with Crippen LogP contribution in [-0.2, 0) is 0 Å². The number of hydrogen-bond acceptors (Lipinski definition) is 2. The molecule has 1 aliphatic heterocycles. The normalized spacial score (nSPS) is 19.1. The van der Waals surface area contributed by atoms with E-state index in [9.17, 15) is 0 Å². The lowest BCUT2D eigenvalue weighted by Gasteiger charge is -2.31. The van der Waals surface area contributed by atoms with Gasteiger partial charge in [0.15, 0.2) is 0 Å². The number of hydrogen-bond donors (Lipinski definition) is 1. The van der Waals surface area contributed by atoms with Crippen LogP contribution >= 0.6 is 0 Å². The molecular weight excluding hydrogens is 232 g/mol. The minimum absolute atomic E-state index is 0.517. The first-order valence-electron chi connectivity index (χ1n) is 8.50. The van der Waals surface area contributed by atoms with Gasteiger partial charge < -0.3 is 4.90 Å². The van der Waals surface area contributed by atoms with Gasteiger partial charge in [-0.15, -0.1) is 0 Å². The molecule has 1 N–H and O–H groups in total. The molecule has 112 valence electrons.